The third-order valence-corrected chi connectivity index (χ3v) is 4.09. The van der Waals surface area contributed by atoms with E-state index in [4.69, 9.17) is 4.74 Å². The Labute approximate surface area is 106 Å². The van der Waals surface area contributed by atoms with E-state index in [9.17, 15) is 4.79 Å². The highest BCUT2D eigenvalue weighted by atomic mass is 79.9. The molecule has 0 aromatic heterocycles. The smallest absolute Gasteiger partial charge is 0.410 e. The van der Waals surface area contributed by atoms with Gasteiger partial charge in [-0.3, -0.25) is 0 Å². The fourth-order valence-electron chi connectivity index (χ4n) is 2.26. The van der Waals surface area contributed by atoms with Crippen molar-refractivity contribution in [2.75, 3.05) is 13.1 Å². The van der Waals surface area contributed by atoms with Gasteiger partial charge in [-0.1, -0.05) is 15.9 Å². The van der Waals surface area contributed by atoms with E-state index in [0.29, 0.717) is 10.7 Å². The lowest BCUT2D eigenvalue weighted by Gasteiger charge is -2.48. The zero-order chi connectivity index (χ0) is 11.9. The molecule has 1 amide bonds. The standard InChI is InChI=1S/C12H20BrNO2/c1-12(2,3)16-11(15)14-6-9(7-14)8-4-10(13)5-8/h8-10H,4-7H2,1-3H3. The van der Waals surface area contributed by atoms with E-state index in [0.717, 1.165) is 19.0 Å². The van der Waals surface area contributed by atoms with Gasteiger partial charge in [0.15, 0.2) is 0 Å². The number of halogens is 1. The molecule has 4 heteroatoms. The number of amides is 1. The van der Waals surface area contributed by atoms with Crippen molar-refractivity contribution in [1.29, 1.82) is 0 Å². The van der Waals surface area contributed by atoms with Crippen LogP contribution in [-0.4, -0.2) is 34.5 Å². The van der Waals surface area contributed by atoms with Crippen LogP contribution in [0.5, 0.6) is 0 Å². The molecule has 0 aromatic rings. The van der Waals surface area contributed by atoms with Gasteiger partial charge in [0.1, 0.15) is 5.60 Å². The molecule has 3 nitrogen and oxygen atoms in total. The number of alkyl halides is 1. The molecule has 0 aromatic carbocycles. The largest absolute Gasteiger partial charge is 0.444 e. The van der Waals surface area contributed by atoms with Gasteiger partial charge in [-0.25, -0.2) is 4.79 Å². The summed E-state index contributed by atoms with van der Waals surface area (Å²) in [6.45, 7) is 7.50. The highest BCUT2D eigenvalue weighted by molar-refractivity contribution is 9.09. The molecule has 0 N–H and O–H groups in total. The van der Waals surface area contributed by atoms with Crippen LogP contribution in [0.4, 0.5) is 4.79 Å². The Morgan fingerprint density at radius 1 is 1.25 bits per heavy atom. The summed E-state index contributed by atoms with van der Waals surface area (Å²) in [4.78, 5) is 14.2. The molecule has 2 aliphatic rings. The summed E-state index contributed by atoms with van der Waals surface area (Å²) in [7, 11) is 0. The summed E-state index contributed by atoms with van der Waals surface area (Å²) < 4.78 is 5.32. The Morgan fingerprint density at radius 3 is 2.25 bits per heavy atom. The molecule has 92 valence electrons. The first-order valence-electron chi connectivity index (χ1n) is 5.97. The normalized spacial score (nSPS) is 30.6. The fourth-order valence-corrected chi connectivity index (χ4v) is 3.22. The van der Waals surface area contributed by atoms with Crippen LogP contribution in [0, 0.1) is 11.8 Å². The number of hydrogen-bond donors (Lipinski definition) is 0. The number of likely N-dealkylation sites (tertiary alicyclic amines) is 1. The first-order chi connectivity index (χ1) is 7.35. The number of ether oxygens (including phenoxy) is 1. The predicted molar refractivity (Wildman–Crippen MR) is 66.7 cm³/mol. The van der Waals surface area contributed by atoms with Gasteiger partial charge in [-0.05, 0) is 45.4 Å². The molecule has 2 fully saturated rings. The Morgan fingerprint density at radius 2 is 1.81 bits per heavy atom. The third kappa shape index (κ3) is 2.70. The summed E-state index contributed by atoms with van der Waals surface area (Å²) in [6.07, 6.45) is 2.39. The number of hydrogen-bond acceptors (Lipinski definition) is 2. The Kier molecular flexibility index (Phi) is 3.21. The zero-order valence-electron chi connectivity index (χ0n) is 10.2. The van der Waals surface area contributed by atoms with E-state index in [2.05, 4.69) is 15.9 Å². The number of nitrogens with zero attached hydrogens (tertiary/aromatic N) is 1. The second-order valence-electron chi connectivity index (χ2n) is 5.97. The van der Waals surface area contributed by atoms with E-state index in [1.54, 1.807) is 0 Å². The van der Waals surface area contributed by atoms with Crippen molar-refractivity contribution < 1.29 is 9.53 Å². The summed E-state index contributed by atoms with van der Waals surface area (Å²) in [5.74, 6) is 1.53. The molecule has 2 rings (SSSR count). The third-order valence-electron chi connectivity index (χ3n) is 3.35. The quantitative estimate of drug-likeness (QED) is 0.695. The molecule has 0 atom stereocenters. The van der Waals surface area contributed by atoms with Crippen molar-refractivity contribution in [3.05, 3.63) is 0 Å². The molecule has 0 spiro atoms. The minimum Gasteiger partial charge on any atom is -0.444 e. The topological polar surface area (TPSA) is 29.5 Å². The summed E-state index contributed by atoms with van der Waals surface area (Å²) in [6, 6.07) is 0. The van der Waals surface area contributed by atoms with Crippen LogP contribution >= 0.6 is 15.9 Å². The van der Waals surface area contributed by atoms with Crippen LogP contribution in [0.1, 0.15) is 33.6 Å². The first kappa shape index (κ1) is 12.2. The van der Waals surface area contributed by atoms with Crippen LogP contribution in [0.15, 0.2) is 0 Å². The molecule has 1 aliphatic carbocycles. The van der Waals surface area contributed by atoms with Gasteiger partial charge in [0.05, 0.1) is 0 Å². The zero-order valence-corrected chi connectivity index (χ0v) is 11.8. The first-order valence-corrected chi connectivity index (χ1v) is 6.89. The van der Waals surface area contributed by atoms with Gasteiger partial charge in [-0.2, -0.15) is 0 Å². The Bertz CT molecular complexity index is 275. The maximum Gasteiger partial charge on any atom is 0.410 e. The summed E-state index contributed by atoms with van der Waals surface area (Å²) >= 11 is 3.60. The molecule has 1 saturated heterocycles. The average Bonchev–Trinajstić information content (AvgIpc) is 1.94. The number of carbonyl (C=O) groups excluding carboxylic acids is 1. The minimum atomic E-state index is -0.375. The highest BCUT2D eigenvalue weighted by Gasteiger charge is 2.42. The molecule has 0 unspecified atom stereocenters. The van der Waals surface area contributed by atoms with Crippen molar-refractivity contribution in [2.45, 2.75) is 44.0 Å². The van der Waals surface area contributed by atoms with E-state index < -0.39 is 0 Å². The van der Waals surface area contributed by atoms with E-state index in [1.165, 1.54) is 12.8 Å². The SMILES string of the molecule is CC(C)(C)OC(=O)N1CC(C2CC(Br)C2)C1. The Hall–Kier alpha value is -0.250. The van der Waals surface area contributed by atoms with Gasteiger partial charge in [-0.15, -0.1) is 0 Å². The van der Waals surface area contributed by atoms with E-state index in [1.807, 2.05) is 25.7 Å². The molecular formula is C12H20BrNO2. The molecular weight excluding hydrogens is 270 g/mol. The summed E-state index contributed by atoms with van der Waals surface area (Å²) in [5, 5.41) is 0. The minimum absolute atomic E-state index is 0.154. The van der Waals surface area contributed by atoms with Gasteiger partial charge in [0.25, 0.3) is 0 Å². The maximum atomic E-state index is 11.7. The molecule has 1 aliphatic heterocycles. The number of rotatable bonds is 1. The second-order valence-corrected chi connectivity index (χ2v) is 7.27. The maximum absolute atomic E-state index is 11.7. The van der Waals surface area contributed by atoms with Gasteiger partial charge in [0.2, 0.25) is 0 Å². The van der Waals surface area contributed by atoms with Crippen molar-refractivity contribution in [3.8, 4) is 0 Å². The molecule has 1 heterocycles. The lowest BCUT2D eigenvalue weighted by atomic mass is 9.72. The van der Waals surface area contributed by atoms with Crippen molar-refractivity contribution in [1.82, 2.24) is 4.90 Å². The van der Waals surface area contributed by atoms with Crippen LogP contribution in [0.3, 0.4) is 0 Å². The van der Waals surface area contributed by atoms with Gasteiger partial charge < -0.3 is 9.64 Å². The van der Waals surface area contributed by atoms with E-state index in [-0.39, 0.29) is 11.7 Å². The molecule has 0 bridgehead atoms. The monoisotopic (exact) mass is 289 g/mol. The van der Waals surface area contributed by atoms with Crippen LogP contribution in [-0.2, 0) is 4.74 Å². The molecule has 1 saturated carbocycles. The molecule has 16 heavy (non-hydrogen) atoms. The van der Waals surface area contributed by atoms with Gasteiger partial charge in [0, 0.05) is 17.9 Å². The molecule has 0 radical (unpaired) electrons. The lowest BCUT2D eigenvalue weighted by molar-refractivity contribution is -0.0185. The summed E-state index contributed by atoms with van der Waals surface area (Å²) in [5.41, 5.74) is -0.375. The Balaban J connectivity index is 1.70. The predicted octanol–water partition coefficient (Wildman–Crippen LogP) is 3.03. The van der Waals surface area contributed by atoms with Crippen LogP contribution in [0.25, 0.3) is 0 Å². The van der Waals surface area contributed by atoms with Crippen molar-refractivity contribution in [2.24, 2.45) is 11.8 Å². The van der Waals surface area contributed by atoms with Crippen molar-refractivity contribution >= 4 is 22.0 Å². The lowest BCUT2D eigenvalue weighted by Crippen LogP contribution is -2.55. The van der Waals surface area contributed by atoms with Crippen LogP contribution in [0.2, 0.25) is 0 Å². The number of carbonyl (C=O) groups is 1. The van der Waals surface area contributed by atoms with Crippen LogP contribution < -0.4 is 0 Å². The van der Waals surface area contributed by atoms with Gasteiger partial charge >= 0.3 is 6.09 Å². The second kappa shape index (κ2) is 4.21. The highest BCUT2D eigenvalue weighted by Crippen LogP contribution is 2.42. The van der Waals surface area contributed by atoms with Crippen molar-refractivity contribution in [3.63, 3.8) is 0 Å². The fraction of sp³-hybridized carbons (Fsp3) is 0.917. The average molecular weight is 290 g/mol. The van der Waals surface area contributed by atoms with E-state index >= 15 is 0 Å².